The average Bonchev–Trinajstić information content (AvgIpc) is 3.11. The Hall–Kier alpha value is -4.45. The second-order valence-electron chi connectivity index (χ2n) is 14.0. The Kier molecular flexibility index (Phi) is 12.1. The highest BCUT2D eigenvalue weighted by molar-refractivity contribution is 5.94. The molecule has 2 amide bonds. The van der Waals surface area contributed by atoms with Gasteiger partial charge in [0, 0.05) is 49.6 Å². The van der Waals surface area contributed by atoms with Crippen molar-refractivity contribution in [2.75, 3.05) is 32.8 Å². The number of hydrogen-bond donors (Lipinski definition) is 0. The lowest BCUT2D eigenvalue weighted by atomic mass is 9.69. The summed E-state index contributed by atoms with van der Waals surface area (Å²) < 4.78 is 5.95. The molecule has 0 radical (unpaired) electrons. The molecule has 3 atom stereocenters. The van der Waals surface area contributed by atoms with Gasteiger partial charge in [-0.25, -0.2) is 0 Å². The van der Waals surface area contributed by atoms with Crippen LogP contribution in [0.25, 0.3) is 0 Å². The van der Waals surface area contributed by atoms with E-state index in [-0.39, 0.29) is 41.1 Å². The number of likely N-dealkylation sites (tertiary alicyclic amines) is 2. The molecule has 0 N–H and O–H groups in total. The van der Waals surface area contributed by atoms with Crippen molar-refractivity contribution in [1.82, 2.24) is 9.80 Å². The van der Waals surface area contributed by atoms with Gasteiger partial charge in [0.2, 0.25) is 0 Å². The maximum Gasteiger partial charge on any atom is 0.305 e. The molecule has 1 unspecified atom stereocenters. The Labute approximate surface area is 286 Å². The zero-order valence-corrected chi connectivity index (χ0v) is 28.2. The summed E-state index contributed by atoms with van der Waals surface area (Å²) in [4.78, 5) is 44.0. The van der Waals surface area contributed by atoms with Gasteiger partial charge in [0.15, 0.2) is 0 Å². The summed E-state index contributed by atoms with van der Waals surface area (Å²) in [5, 5.41) is 0. The van der Waals surface area contributed by atoms with Gasteiger partial charge in [-0.2, -0.15) is 0 Å². The first-order chi connectivity index (χ1) is 23.3. The van der Waals surface area contributed by atoms with Gasteiger partial charge in [-0.1, -0.05) is 78.9 Å². The number of carbonyl (C=O) groups excluding carboxylic acids is 3. The first-order valence-electron chi connectivity index (χ1n) is 17.4. The molecule has 0 bridgehead atoms. The monoisotopic (exact) mass is 646 g/mol. The molecule has 5 rings (SSSR count). The van der Waals surface area contributed by atoms with Gasteiger partial charge in [0.05, 0.1) is 6.61 Å². The van der Waals surface area contributed by atoms with Gasteiger partial charge in [-0.3, -0.25) is 14.4 Å². The molecule has 3 aromatic rings. The number of rotatable bonds is 14. The highest BCUT2D eigenvalue weighted by Gasteiger charge is 2.41. The molecule has 0 saturated carbocycles. The third-order valence-electron chi connectivity index (χ3n) is 10.1. The van der Waals surface area contributed by atoms with Crippen molar-refractivity contribution in [2.24, 2.45) is 16.7 Å². The zero-order valence-electron chi connectivity index (χ0n) is 28.2. The molecule has 0 spiro atoms. The van der Waals surface area contributed by atoms with Gasteiger partial charge in [-0.15, -0.1) is 13.2 Å². The van der Waals surface area contributed by atoms with Gasteiger partial charge in [0.1, 0.15) is 0 Å². The second-order valence-corrected chi connectivity index (χ2v) is 14.0. The highest BCUT2D eigenvalue weighted by Crippen LogP contribution is 2.41. The Balaban J connectivity index is 1.21. The SMILES string of the molecule is C=CC[C@]1(CCCC(=O)OCC2CN(C(=O)c3ccccc3)C[C@@](CC=C)(Cc3ccccc3)C2)CCCN(C(=O)c2ccccc2)C1. The van der Waals surface area contributed by atoms with Crippen LogP contribution in [0.15, 0.2) is 116 Å². The zero-order chi connectivity index (χ0) is 33.8. The summed E-state index contributed by atoms with van der Waals surface area (Å²) in [5.74, 6) is -0.120. The minimum absolute atomic E-state index is 0.00733. The molecule has 6 heteroatoms. The number of nitrogens with zero attached hydrogens (tertiary/aromatic N) is 2. The number of hydrogen-bond acceptors (Lipinski definition) is 4. The molecular formula is C42H50N2O4. The normalized spacial score (nSPS) is 22.5. The fraction of sp³-hybridized carbons (Fsp3) is 0.405. The van der Waals surface area contributed by atoms with E-state index in [1.165, 1.54) is 5.56 Å². The van der Waals surface area contributed by atoms with E-state index in [0.717, 1.165) is 51.5 Å². The highest BCUT2D eigenvalue weighted by atomic mass is 16.5. The van der Waals surface area contributed by atoms with Crippen molar-refractivity contribution in [3.8, 4) is 0 Å². The minimum Gasteiger partial charge on any atom is -0.465 e. The lowest BCUT2D eigenvalue weighted by Crippen LogP contribution is -2.51. The van der Waals surface area contributed by atoms with Crippen LogP contribution in [0, 0.1) is 16.7 Å². The van der Waals surface area contributed by atoms with Crippen molar-refractivity contribution in [1.29, 1.82) is 0 Å². The van der Waals surface area contributed by atoms with E-state index in [4.69, 9.17) is 4.74 Å². The topological polar surface area (TPSA) is 66.9 Å². The molecule has 2 aliphatic rings. The van der Waals surface area contributed by atoms with Crippen molar-refractivity contribution < 1.29 is 19.1 Å². The van der Waals surface area contributed by atoms with Crippen LogP contribution in [0.3, 0.4) is 0 Å². The number of esters is 1. The van der Waals surface area contributed by atoms with Crippen LogP contribution in [-0.2, 0) is 16.0 Å². The smallest absolute Gasteiger partial charge is 0.305 e. The van der Waals surface area contributed by atoms with Crippen molar-refractivity contribution in [3.63, 3.8) is 0 Å². The minimum atomic E-state index is -0.208. The molecular weight excluding hydrogens is 596 g/mol. The van der Waals surface area contributed by atoms with Crippen molar-refractivity contribution >= 4 is 17.8 Å². The van der Waals surface area contributed by atoms with E-state index < -0.39 is 0 Å². The van der Waals surface area contributed by atoms with Gasteiger partial charge >= 0.3 is 5.97 Å². The maximum absolute atomic E-state index is 13.7. The van der Waals surface area contributed by atoms with E-state index >= 15 is 0 Å². The van der Waals surface area contributed by atoms with E-state index in [0.29, 0.717) is 43.6 Å². The molecule has 0 aromatic heterocycles. The average molecular weight is 647 g/mol. The molecule has 2 fully saturated rings. The molecule has 2 aliphatic heterocycles. The van der Waals surface area contributed by atoms with Gasteiger partial charge < -0.3 is 14.5 Å². The number of carbonyl (C=O) groups is 3. The van der Waals surface area contributed by atoms with E-state index in [1.807, 2.05) is 88.7 Å². The van der Waals surface area contributed by atoms with Crippen LogP contribution < -0.4 is 0 Å². The van der Waals surface area contributed by atoms with Crippen LogP contribution in [0.2, 0.25) is 0 Å². The molecule has 48 heavy (non-hydrogen) atoms. The molecule has 3 aromatic carbocycles. The van der Waals surface area contributed by atoms with E-state index in [1.54, 1.807) is 0 Å². The lowest BCUT2D eigenvalue weighted by Gasteiger charge is -2.46. The molecule has 252 valence electrons. The predicted octanol–water partition coefficient (Wildman–Crippen LogP) is 8.17. The number of amides is 2. The van der Waals surface area contributed by atoms with Crippen LogP contribution >= 0.6 is 0 Å². The van der Waals surface area contributed by atoms with Crippen LogP contribution in [0.4, 0.5) is 0 Å². The Bertz CT molecular complexity index is 1520. The predicted molar refractivity (Wildman–Crippen MR) is 191 cm³/mol. The van der Waals surface area contributed by atoms with Gasteiger partial charge in [-0.05, 0) is 92.0 Å². The van der Waals surface area contributed by atoms with E-state index in [2.05, 4.69) is 37.4 Å². The fourth-order valence-electron chi connectivity index (χ4n) is 8.05. The molecule has 6 nitrogen and oxygen atoms in total. The fourth-order valence-corrected chi connectivity index (χ4v) is 8.05. The summed E-state index contributed by atoms with van der Waals surface area (Å²) in [7, 11) is 0. The quantitative estimate of drug-likeness (QED) is 0.131. The van der Waals surface area contributed by atoms with E-state index in [9.17, 15) is 14.4 Å². The maximum atomic E-state index is 13.7. The molecule has 0 aliphatic carbocycles. The summed E-state index contributed by atoms with van der Waals surface area (Å²) in [6.45, 7) is 11.0. The third kappa shape index (κ3) is 9.12. The lowest BCUT2D eigenvalue weighted by molar-refractivity contribution is -0.146. The largest absolute Gasteiger partial charge is 0.465 e. The Morgan fingerprint density at radius 2 is 1.33 bits per heavy atom. The number of ether oxygens (including phenoxy) is 1. The summed E-state index contributed by atoms with van der Waals surface area (Å²) >= 11 is 0. The number of allylic oxidation sites excluding steroid dienone is 2. The Morgan fingerprint density at radius 3 is 1.96 bits per heavy atom. The second kappa shape index (κ2) is 16.6. The first-order valence-corrected chi connectivity index (χ1v) is 17.4. The van der Waals surface area contributed by atoms with Crippen LogP contribution in [-0.4, -0.2) is 60.4 Å². The molecule has 2 heterocycles. The first kappa shape index (κ1) is 34.9. The molecule has 2 saturated heterocycles. The number of benzene rings is 3. The standard InChI is InChI=1S/C42H50N2O4/c1-3-23-41(26-15-27-43(32-41)39(46)36-18-10-6-11-19-36)25-14-22-38(45)48-31-35-29-42(24-4-2,28-34-16-8-5-9-17-34)33-44(30-35)40(47)37-20-12-7-13-21-37/h3-13,16-21,35H,1-2,14-15,22-33H2/t35?,41-,42-/m0/s1. The van der Waals surface area contributed by atoms with Crippen LogP contribution in [0.5, 0.6) is 0 Å². The van der Waals surface area contributed by atoms with Crippen LogP contribution in [0.1, 0.15) is 77.6 Å². The van der Waals surface area contributed by atoms with Gasteiger partial charge in [0.25, 0.3) is 11.8 Å². The van der Waals surface area contributed by atoms with Crippen molar-refractivity contribution in [2.45, 2.75) is 57.8 Å². The Morgan fingerprint density at radius 1 is 0.771 bits per heavy atom. The summed E-state index contributed by atoms with van der Waals surface area (Å²) in [6, 6.07) is 29.3. The summed E-state index contributed by atoms with van der Waals surface area (Å²) in [5.41, 5.74) is 2.31. The third-order valence-corrected chi connectivity index (χ3v) is 10.1. The number of piperidine rings is 2. The summed E-state index contributed by atoms with van der Waals surface area (Å²) in [6.07, 6.45) is 10.9. The van der Waals surface area contributed by atoms with Crippen molar-refractivity contribution in [3.05, 3.63) is 133 Å².